The van der Waals surface area contributed by atoms with Crippen molar-refractivity contribution in [2.75, 3.05) is 5.73 Å². The highest BCUT2D eigenvalue weighted by Gasteiger charge is 2.24. The lowest BCUT2D eigenvalue weighted by molar-refractivity contribution is 0.0950. The van der Waals surface area contributed by atoms with Gasteiger partial charge in [-0.2, -0.15) is 0 Å². The molecule has 0 saturated heterocycles. The summed E-state index contributed by atoms with van der Waals surface area (Å²) >= 11 is 0. The molecule has 0 saturated carbocycles. The summed E-state index contributed by atoms with van der Waals surface area (Å²) in [5.74, 6) is 0.613. The summed E-state index contributed by atoms with van der Waals surface area (Å²) in [6, 6.07) is 20.7. The van der Waals surface area contributed by atoms with E-state index >= 15 is 0 Å². The number of furan rings is 1. The first-order valence-electron chi connectivity index (χ1n) is 9.15. The molecule has 29 heavy (non-hydrogen) atoms. The van der Waals surface area contributed by atoms with Crippen molar-refractivity contribution in [2.45, 2.75) is 6.54 Å². The number of nitrogens with zero attached hydrogens (tertiary/aromatic N) is 3. The average Bonchev–Trinajstić information content (AvgIpc) is 3.36. The van der Waals surface area contributed by atoms with Gasteiger partial charge in [0.25, 0.3) is 5.91 Å². The molecule has 2 aromatic carbocycles. The molecule has 0 aliphatic rings. The maximum absolute atomic E-state index is 13.0. The van der Waals surface area contributed by atoms with E-state index in [2.05, 4.69) is 5.32 Å². The summed E-state index contributed by atoms with van der Waals surface area (Å²) < 4.78 is 7.05. The molecule has 0 unspecified atom stereocenters. The number of anilines is 1. The molecule has 5 rings (SSSR count). The van der Waals surface area contributed by atoms with Gasteiger partial charge in [-0.1, -0.05) is 30.3 Å². The first-order chi connectivity index (χ1) is 14.2. The van der Waals surface area contributed by atoms with Crippen LogP contribution in [0.5, 0.6) is 0 Å². The van der Waals surface area contributed by atoms with E-state index in [1.807, 2.05) is 54.6 Å². The number of hydrogen-bond donors (Lipinski definition) is 2. The minimum Gasteiger partial charge on any atom is -0.467 e. The number of nitrogens with one attached hydrogen (secondary N) is 1. The maximum atomic E-state index is 13.0. The van der Waals surface area contributed by atoms with Crippen molar-refractivity contribution in [3.63, 3.8) is 0 Å². The minimum atomic E-state index is -0.330. The monoisotopic (exact) mass is 383 g/mol. The third-order valence-corrected chi connectivity index (χ3v) is 4.74. The van der Waals surface area contributed by atoms with Crippen LogP contribution in [0.25, 0.3) is 27.9 Å². The topological polar surface area (TPSA) is 99.0 Å². The highest BCUT2D eigenvalue weighted by atomic mass is 16.3. The average molecular weight is 383 g/mol. The van der Waals surface area contributed by atoms with Crippen molar-refractivity contribution < 1.29 is 9.21 Å². The second-order valence-electron chi connectivity index (χ2n) is 6.58. The number of benzene rings is 2. The van der Waals surface area contributed by atoms with E-state index < -0.39 is 0 Å². The number of para-hydroxylation sites is 3. The van der Waals surface area contributed by atoms with Gasteiger partial charge in [-0.05, 0) is 36.4 Å². The molecule has 7 heteroatoms. The van der Waals surface area contributed by atoms with E-state index in [-0.39, 0.29) is 12.5 Å². The summed E-state index contributed by atoms with van der Waals surface area (Å²) in [6.07, 6.45) is 1.56. The molecule has 0 aliphatic carbocycles. The quantitative estimate of drug-likeness (QED) is 0.493. The molecular formula is C22H17N5O2. The van der Waals surface area contributed by atoms with Gasteiger partial charge < -0.3 is 15.5 Å². The van der Waals surface area contributed by atoms with Crippen LogP contribution in [0.15, 0.2) is 77.4 Å². The molecular weight excluding hydrogens is 366 g/mol. The number of fused-ring (bicyclic) bond motifs is 2. The summed E-state index contributed by atoms with van der Waals surface area (Å²) in [5.41, 5.74) is 10.00. The molecule has 0 aliphatic heterocycles. The molecule has 0 radical (unpaired) electrons. The molecule has 5 aromatic rings. The van der Waals surface area contributed by atoms with Crippen molar-refractivity contribution >= 4 is 33.9 Å². The molecule has 0 spiro atoms. The van der Waals surface area contributed by atoms with Crippen LogP contribution in [0.3, 0.4) is 0 Å². The molecule has 7 nitrogen and oxygen atoms in total. The van der Waals surface area contributed by atoms with Gasteiger partial charge in [0.05, 0.1) is 23.8 Å². The molecule has 3 heterocycles. The van der Waals surface area contributed by atoms with Crippen molar-refractivity contribution in [3.05, 3.63) is 84.3 Å². The van der Waals surface area contributed by atoms with Gasteiger partial charge in [-0.3, -0.25) is 9.36 Å². The van der Waals surface area contributed by atoms with Gasteiger partial charge in [0.15, 0.2) is 5.65 Å². The van der Waals surface area contributed by atoms with Gasteiger partial charge in [0.2, 0.25) is 0 Å². The third kappa shape index (κ3) is 2.89. The highest BCUT2D eigenvalue weighted by molar-refractivity contribution is 6.11. The Morgan fingerprint density at radius 3 is 2.41 bits per heavy atom. The second kappa shape index (κ2) is 6.79. The smallest absolute Gasteiger partial charge is 0.257 e. The van der Waals surface area contributed by atoms with Crippen LogP contribution >= 0.6 is 0 Å². The van der Waals surface area contributed by atoms with Crippen LogP contribution in [0.4, 0.5) is 5.82 Å². The Morgan fingerprint density at radius 2 is 1.69 bits per heavy atom. The van der Waals surface area contributed by atoms with Gasteiger partial charge in [0, 0.05) is 5.69 Å². The summed E-state index contributed by atoms with van der Waals surface area (Å²) in [7, 11) is 0. The van der Waals surface area contributed by atoms with Crippen molar-refractivity contribution in [1.29, 1.82) is 0 Å². The van der Waals surface area contributed by atoms with Crippen LogP contribution in [0.1, 0.15) is 16.1 Å². The predicted octanol–water partition coefficient (Wildman–Crippen LogP) is 3.68. The Morgan fingerprint density at radius 1 is 0.966 bits per heavy atom. The Hall–Kier alpha value is -4.13. The maximum Gasteiger partial charge on any atom is 0.257 e. The van der Waals surface area contributed by atoms with E-state index in [4.69, 9.17) is 20.1 Å². The number of rotatable bonds is 4. The standard InChI is InChI=1S/C22H17N5O2/c23-20-18(22(28)24-13-15-9-6-12-29-15)19-21(27(20)14-7-2-1-3-8-14)26-17-11-5-4-10-16(17)25-19/h1-12H,13,23H2,(H,24,28). The van der Waals surface area contributed by atoms with Crippen molar-refractivity contribution in [1.82, 2.24) is 19.9 Å². The highest BCUT2D eigenvalue weighted by Crippen LogP contribution is 2.30. The van der Waals surface area contributed by atoms with Gasteiger partial charge in [-0.15, -0.1) is 0 Å². The number of aromatic nitrogens is 3. The van der Waals surface area contributed by atoms with E-state index in [9.17, 15) is 4.79 Å². The first-order valence-corrected chi connectivity index (χ1v) is 9.15. The lowest BCUT2D eigenvalue weighted by atomic mass is 10.2. The van der Waals surface area contributed by atoms with Crippen LogP contribution in [-0.2, 0) is 6.54 Å². The van der Waals surface area contributed by atoms with E-state index in [0.29, 0.717) is 33.8 Å². The molecule has 1 amide bonds. The second-order valence-corrected chi connectivity index (χ2v) is 6.58. The fourth-order valence-electron chi connectivity index (χ4n) is 3.39. The van der Waals surface area contributed by atoms with Crippen LogP contribution in [-0.4, -0.2) is 20.4 Å². The molecule has 0 bridgehead atoms. The summed E-state index contributed by atoms with van der Waals surface area (Å²) in [5, 5.41) is 2.85. The van der Waals surface area contributed by atoms with Crippen molar-refractivity contribution in [3.8, 4) is 5.69 Å². The summed E-state index contributed by atoms with van der Waals surface area (Å²) in [4.78, 5) is 22.5. The van der Waals surface area contributed by atoms with Crippen LogP contribution in [0.2, 0.25) is 0 Å². The Kier molecular flexibility index (Phi) is 3.98. The molecule has 3 aromatic heterocycles. The number of carbonyl (C=O) groups is 1. The van der Waals surface area contributed by atoms with Crippen LogP contribution in [0, 0.1) is 0 Å². The normalized spacial score (nSPS) is 11.2. The number of nitrogen functional groups attached to an aromatic ring is 1. The fourth-order valence-corrected chi connectivity index (χ4v) is 3.39. The van der Waals surface area contributed by atoms with E-state index in [1.54, 1.807) is 23.0 Å². The van der Waals surface area contributed by atoms with Crippen molar-refractivity contribution in [2.24, 2.45) is 0 Å². The number of hydrogen-bond acceptors (Lipinski definition) is 5. The lowest BCUT2D eigenvalue weighted by Gasteiger charge is -2.07. The SMILES string of the molecule is Nc1c(C(=O)NCc2ccco2)c2nc3ccccc3nc2n1-c1ccccc1. The van der Waals surface area contributed by atoms with Gasteiger partial charge in [-0.25, -0.2) is 9.97 Å². The molecule has 142 valence electrons. The molecule has 3 N–H and O–H groups in total. The first kappa shape index (κ1) is 17.0. The predicted molar refractivity (Wildman–Crippen MR) is 111 cm³/mol. The summed E-state index contributed by atoms with van der Waals surface area (Å²) in [6.45, 7) is 0.254. The Bertz CT molecular complexity index is 1320. The van der Waals surface area contributed by atoms with Gasteiger partial charge in [0.1, 0.15) is 22.7 Å². The van der Waals surface area contributed by atoms with Gasteiger partial charge >= 0.3 is 0 Å². The number of carbonyl (C=O) groups excluding carboxylic acids is 1. The zero-order chi connectivity index (χ0) is 19.8. The molecule has 0 fully saturated rings. The number of amides is 1. The van der Waals surface area contributed by atoms with Crippen LogP contribution < -0.4 is 11.1 Å². The lowest BCUT2D eigenvalue weighted by Crippen LogP contribution is -2.23. The third-order valence-electron chi connectivity index (χ3n) is 4.74. The van der Waals surface area contributed by atoms with E-state index in [1.165, 1.54) is 0 Å². The molecule has 0 atom stereocenters. The minimum absolute atomic E-state index is 0.254. The van der Waals surface area contributed by atoms with E-state index in [0.717, 1.165) is 11.2 Å². The Labute approximate surface area is 165 Å². The largest absolute Gasteiger partial charge is 0.467 e. The zero-order valence-electron chi connectivity index (χ0n) is 15.4. The fraction of sp³-hybridized carbons (Fsp3) is 0.0455. The Balaban J connectivity index is 1.70. The zero-order valence-corrected chi connectivity index (χ0v) is 15.4. The number of nitrogens with two attached hydrogens (primary N) is 1.